The Morgan fingerprint density at radius 1 is 0.750 bits per heavy atom. The molecule has 8 nitrogen and oxygen atoms in total. The molecule has 3 aromatic carbocycles. The van der Waals surface area contributed by atoms with Crippen molar-refractivity contribution in [1.82, 2.24) is 0 Å². The molecular formula is C22H23N3O5S2. The summed E-state index contributed by atoms with van der Waals surface area (Å²) in [5.74, 6) is -0.410. The monoisotopic (exact) mass is 473 g/mol. The first kappa shape index (κ1) is 23.3. The lowest BCUT2D eigenvalue weighted by molar-refractivity contribution is 0.102. The van der Waals surface area contributed by atoms with E-state index in [0.29, 0.717) is 28.2 Å². The number of sulfonamides is 2. The molecule has 10 heteroatoms. The van der Waals surface area contributed by atoms with E-state index >= 15 is 0 Å². The molecule has 0 bridgehead atoms. The fourth-order valence-electron chi connectivity index (χ4n) is 2.93. The molecule has 0 atom stereocenters. The number of hydrogen-bond donors (Lipinski definition) is 3. The summed E-state index contributed by atoms with van der Waals surface area (Å²) in [7, 11) is -7.20. The highest BCUT2D eigenvalue weighted by molar-refractivity contribution is 7.92. The van der Waals surface area contributed by atoms with Crippen LogP contribution in [0.1, 0.15) is 21.5 Å². The van der Waals surface area contributed by atoms with Gasteiger partial charge >= 0.3 is 0 Å². The first-order valence-corrected chi connectivity index (χ1v) is 12.9. The van der Waals surface area contributed by atoms with Crippen LogP contribution in [0.15, 0.2) is 71.6 Å². The van der Waals surface area contributed by atoms with Gasteiger partial charge in [-0.15, -0.1) is 0 Å². The summed E-state index contributed by atoms with van der Waals surface area (Å²) < 4.78 is 53.0. The fourth-order valence-corrected chi connectivity index (χ4v) is 4.69. The second kappa shape index (κ2) is 9.01. The second-order valence-corrected chi connectivity index (χ2v) is 10.7. The fraction of sp³-hybridized carbons (Fsp3) is 0.136. The summed E-state index contributed by atoms with van der Waals surface area (Å²) in [6.07, 6.45) is 1.05. The quantitative estimate of drug-likeness (QED) is 0.483. The van der Waals surface area contributed by atoms with Crippen LogP contribution in [0.5, 0.6) is 0 Å². The Labute approximate surface area is 187 Å². The SMILES string of the molecule is Cc1cc(C(=O)Nc2ccc(S(=O)(=O)Nc3ccccc3C)cc2)ccc1NS(C)(=O)=O. The highest BCUT2D eigenvalue weighted by Crippen LogP contribution is 2.22. The molecule has 0 aliphatic carbocycles. The van der Waals surface area contributed by atoms with Crippen molar-refractivity contribution in [2.45, 2.75) is 18.7 Å². The molecule has 0 saturated heterocycles. The number of amides is 1. The predicted molar refractivity (Wildman–Crippen MR) is 126 cm³/mol. The van der Waals surface area contributed by atoms with Crippen LogP contribution in [0.25, 0.3) is 0 Å². The molecule has 0 heterocycles. The van der Waals surface area contributed by atoms with E-state index in [1.807, 2.05) is 19.1 Å². The number of para-hydroxylation sites is 1. The maximum Gasteiger partial charge on any atom is 0.261 e. The highest BCUT2D eigenvalue weighted by Gasteiger charge is 2.16. The van der Waals surface area contributed by atoms with Gasteiger partial charge in [0.15, 0.2) is 0 Å². The smallest absolute Gasteiger partial charge is 0.261 e. The molecule has 0 fully saturated rings. The van der Waals surface area contributed by atoms with E-state index in [-0.39, 0.29) is 4.90 Å². The maximum atomic E-state index is 12.6. The number of hydrogen-bond acceptors (Lipinski definition) is 5. The topological polar surface area (TPSA) is 121 Å². The van der Waals surface area contributed by atoms with Crippen molar-refractivity contribution in [2.75, 3.05) is 21.0 Å². The van der Waals surface area contributed by atoms with Gasteiger partial charge in [0, 0.05) is 11.3 Å². The number of rotatable bonds is 7. The summed E-state index contributed by atoms with van der Waals surface area (Å²) >= 11 is 0. The lowest BCUT2D eigenvalue weighted by atomic mass is 10.1. The van der Waals surface area contributed by atoms with Crippen molar-refractivity contribution >= 4 is 43.0 Å². The predicted octanol–water partition coefficient (Wildman–Crippen LogP) is 3.73. The average Bonchev–Trinajstić information content (AvgIpc) is 2.70. The minimum Gasteiger partial charge on any atom is -0.322 e. The van der Waals surface area contributed by atoms with E-state index in [2.05, 4.69) is 14.8 Å². The van der Waals surface area contributed by atoms with Crippen molar-refractivity contribution in [3.05, 3.63) is 83.4 Å². The number of carbonyl (C=O) groups is 1. The maximum absolute atomic E-state index is 12.6. The van der Waals surface area contributed by atoms with Crippen LogP contribution in [0.2, 0.25) is 0 Å². The zero-order valence-electron chi connectivity index (χ0n) is 17.7. The second-order valence-electron chi connectivity index (χ2n) is 7.30. The van der Waals surface area contributed by atoms with Crippen LogP contribution >= 0.6 is 0 Å². The van der Waals surface area contributed by atoms with Crippen LogP contribution in [-0.2, 0) is 20.0 Å². The Kier molecular flexibility index (Phi) is 6.56. The van der Waals surface area contributed by atoms with Crippen molar-refractivity contribution in [3.8, 4) is 0 Å². The molecule has 0 spiro atoms. The molecule has 0 unspecified atom stereocenters. The molecular weight excluding hydrogens is 450 g/mol. The highest BCUT2D eigenvalue weighted by atomic mass is 32.2. The van der Waals surface area contributed by atoms with Gasteiger partial charge in [-0.2, -0.15) is 0 Å². The van der Waals surface area contributed by atoms with Gasteiger partial charge in [0.1, 0.15) is 0 Å². The van der Waals surface area contributed by atoms with E-state index in [4.69, 9.17) is 0 Å². The minimum absolute atomic E-state index is 0.0609. The number of carbonyl (C=O) groups excluding carboxylic acids is 1. The number of benzene rings is 3. The normalized spacial score (nSPS) is 11.6. The van der Waals surface area contributed by atoms with E-state index in [1.165, 1.54) is 36.4 Å². The number of anilines is 3. The molecule has 32 heavy (non-hydrogen) atoms. The third-order valence-corrected chi connectivity index (χ3v) is 6.57. The lowest BCUT2D eigenvalue weighted by Gasteiger charge is -2.12. The van der Waals surface area contributed by atoms with E-state index < -0.39 is 26.0 Å². The summed E-state index contributed by atoms with van der Waals surface area (Å²) in [5.41, 5.74) is 3.02. The van der Waals surface area contributed by atoms with Gasteiger partial charge in [0.25, 0.3) is 15.9 Å². The van der Waals surface area contributed by atoms with Crippen LogP contribution in [0.3, 0.4) is 0 Å². The molecule has 168 valence electrons. The van der Waals surface area contributed by atoms with E-state index in [9.17, 15) is 21.6 Å². The van der Waals surface area contributed by atoms with Crippen LogP contribution in [0.4, 0.5) is 17.1 Å². The first-order valence-electron chi connectivity index (χ1n) is 9.53. The molecule has 0 aliphatic rings. The summed E-state index contributed by atoms with van der Waals surface area (Å²) in [4.78, 5) is 12.6. The molecule has 0 aliphatic heterocycles. The molecule has 0 saturated carbocycles. The van der Waals surface area contributed by atoms with Crippen LogP contribution in [0, 0.1) is 13.8 Å². The van der Waals surface area contributed by atoms with Crippen LogP contribution in [-0.4, -0.2) is 29.0 Å². The first-order chi connectivity index (χ1) is 14.9. The summed E-state index contributed by atoms with van der Waals surface area (Å²) in [6, 6.07) is 17.4. The third kappa shape index (κ3) is 5.86. The van der Waals surface area contributed by atoms with Crippen molar-refractivity contribution < 1.29 is 21.6 Å². The van der Waals surface area contributed by atoms with Gasteiger partial charge in [0.05, 0.1) is 22.5 Å². The number of aryl methyl sites for hydroxylation is 2. The van der Waals surface area contributed by atoms with Crippen molar-refractivity contribution in [1.29, 1.82) is 0 Å². The van der Waals surface area contributed by atoms with Crippen molar-refractivity contribution in [2.24, 2.45) is 0 Å². The Hall–Kier alpha value is -3.37. The lowest BCUT2D eigenvalue weighted by Crippen LogP contribution is -2.15. The zero-order valence-corrected chi connectivity index (χ0v) is 19.3. The number of nitrogens with one attached hydrogen (secondary N) is 3. The Morgan fingerprint density at radius 2 is 1.38 bits per heavy atom. The van der Waals surface area contributed by atoms with Gasteiger partial charge in [0.2, 0.25) is 10.0 Å². The molecule has 0 radical (unpaired) electrons. The largest absolute Gasteiger partial charge is 0.322 e. The Balaban J connectivity index is 1.72. The van der Waals surface area contributed by atoms with Gasteiger partial charge in [-0.1, -0.05) is 18.2 Å². The Bertz CT molecular complexity index is 1370. The summed E-state index contributed by atoms with van der Waals surface area (Å²) in [5, 5.41) is 2.70. The Morgan fingerprint density at radius 3 is 1.97 bits per heavy atom. The molecule has 3 N–H and O–H groups in total. The molecule has 0 aromatic heterocycles. The van der Waals surface area contributed by atoms with E-state index in [1.54, 1.807) is 25.1 Å². The molecule has 3 rings (SSSR count). The van der Waals surface area contributed by atoms with E-state index in [0.717, 1.165) is 11.8 Å². The molecule has 1 amide bonds. The van der Waals surface area contributed by atoms with Crippen molar-refractivity contribution in [3.63, 3.8) is 0 Å². The minimum atomic E-state index is -3.78. The third-order valence-electron chi connectivity index (χ3n) is 4.60. The zero-order chi connectivity index (χ0) is 23.5. The molecule has 3 aromatic rings. The standard InChI is InChI=1S/C22H23N3O5S2/c1-15-6-4-5-7-20(15)25-32(29,30)19-11-9-18(10-12-19)23-22(26)17-8-13-21(16(2)14-17)24-31(3,27)28/h4-14,24-25H,1-3H3,(H,23,26). The van der Waals surface area contributed by atoms with Crippen LogP contribution < -0.4 is 14.8 Å². The van der Waals surface area contributed by atoms with Gasteiger partial charge < -0.3 is 5.32 Å². The summed E-state index contributed by atoms with van der Waals surface area (Å²) in [6.45, 7) is 3.49. The van der Waals surface area contributed by atoms with Gasteiger partial charge in [-0.05, 0) is 73.5 Å². The van der Waals surface area contributed by atoms with Gasteiger partial charge in [-0.3, -0.25) is 14.2 Å². The van der Waals surface area contributed by atoms with Gasteiger partial charge in [-0.25, -0.2) is 16.8 Å². The average molecular weight is 474 g/mol.